The highest BCUT2D eigenvalue weighted by Crippen LogP contribution is 2.18. The third kappa shape index (κ3) is 3.78. The van der Waals surface area contributed by atoms with Gasteiger partial charge in [-0.3, -0.25) is 9.69 Å². The molecule has 2 N–H and O–H groups in total. The summed E-state index contributed by atoms with van der Waals surface area (Å²) in [6.07, 6.45) is 2.77. The number of nitrogens with two attached hydrogens (primary N) is 1. The van der Waals surface area contributed by atoms with Gasteiger partial charge >= 0.3 is 5.97 Å². The van der Waals surface area contributed by atoms with Crippen molar-refractivity contribution in [1.29, 1.82) is 0 Å². The highest BCUT2D eigenvalue weighted by atomic mass is 16.5. The predicted octanol–water partition coefficient (Wildman–Crippen LogP) is 1.19. The molecule has 1 aliphatic rings. The Morgan fingerprint density at radius 1 is 1.42 bits per heavy atom. The molecule has 2 atom stereocenters. The van der Waals surface area contributed by atoms with Gasteiger partial charge in [0.1, 0.15) is 6.04 Å². The second kappa shape index (κ2) is 6.68. The van der Waals surface area contributed by atoms with Gasteiger partial charge in [0.2, 0.25) is 0 Å². The number of esters is 1. The first kappa shape index (κ1) is 14.0. The third-order valence-electron chi connectivity index (χ3n) is 3.66. The van der Waals surface area contributed by atoms with Crippen molar-refractivity contribution >= 4 is 5.97 Å². The second-order valence-electron chi connectivity index (χ2n) is 5.12. The zero-order chi connectivity index (χ0) is 13.7. The van der Waals surface area contributed by atoms with Gasteiger partial charge in [-0.15, -0.1) is 0 Å². The molecule has 0 spiro atoms. The zero-order valence-electron chi connectivity index (χ0n) is 11.4. The number of methoxy groups -OCH3 is 1. The van der Waals surface area contributed by atoms with Gasteiger partial charge in [-0.2, -0.15) is 0 Å². The van der Waals surface area contributed by atoms with Crippen molar-refractivity contribution in [2.45, 2.75) is 31.3 Å². The number of carbonyl (C=O) groups is 1. The summed E-state index contributed by atoms with van der Waals surface area (Å²) in [5, 5.41) is 0. The lowest BCUT2D eigenvalue weighted by Gasteiger charge is -2.21. The van der Waals surface area contributed by atoms with E-state index >= 15 is 0 Å². The van der Waals surface area contributed by atoms with E-state index in [4.69, 9.17) is 10.5 Å². The Morgan fingerprint density at radius 2 is 2.16 bits per heavy atom. The van der Waals surface area contributed by atoms with Crippen LogP contribution in [0.1, 0.15) is 18.4 Å². The van der Waals surface area contributed by atoms with Gasteiger partial charge in [-0.25, -0.2) is 0 Å². The number of likely N-dealkylation sites (tertiary alicyclic amines) is 1. The fourth-order valence-corrected chi connectivity index (χ4v) is 2.70. The summed E-state index contributed by atoms with van der Waals surface area (Å²) in [4.78, 5) is 13.8. The Morgan fingerprint density at radius 3 is 2.84 bits per heavy atom. The molecule has 0 saturated carbocycles. The van der Waals surface area contributed by atoms with Gasteiger partial charge in [-0.05, 0) is 31.4 Å². The average molecular weight is 262 g/mol. The first-order valence-electron chi connectivity index (χ1n) is 6.82. The molecule has 2 rings (SSSR count). The van der Waals surface area contributed by atoms with Crippen LogP contribution in [-0.4, -0.2) is 43.2 Å². The summed E-state index contributed by atoms with van der Waals surface area (Å²) < 4.78 is 4.84. The van der Waals surface area contributed by atoms with Crippen LogP contribution in [0.3, 0.4) is 0 Å². The molecule has 4 heteroatoms. The van der Waals surface area contributed by atoms with Crippen LogP contribution in [0.5, 0.6) is 0 Å². The topological polar surface area (TPSA) is 55.6 Å². The summed E-state index contributed by atoms with van der Waals surface area (Å²) in [5.41, 5.74) is 7.28. The van der Waals surface area contributed by atoms with Crippen LogP contribution in [0.25, 0.3) is 0 Å². The van der Waals surface area contributed by atoms with E-state index in [2.05, 4.69) is 29.2 Å². The Labute approximate surface area is 114 Å². The number of hydrogen-bond donors (Lipinski definition) is 1. The molecule has 1 fully saturated rings. The molecule has 0 aliphatic carbocycles. The Kier molecular flexibility index (Phi) is 4.93. The predicted molar refractivity (Wildman–Crippen MR) is 74.7 cm³/mol. The lowest BCUT2D eigenvalue weighted by Crippen LogP contribution is -2.37. The summed E-state index contributed by atoms with van der Waals surface area (Å²) >= 11 is 0. The van der Waals surface area contributed by atoms with E-state index < -0.39 is 0 Å². The molecule has 1 saturated heterocycles. The second-order valence-corrected chi connectivity index (χ2v) is 5.12. The quantitative estimate of drug-likeness (QED) is 0.810. The minimum absolute atomic E-state index is 0.0841. The van der Waals surface area contributed by atoms with Crippen molar-refractivity contribution in [1.82, 2.24) is 4.90 Å². The molecular formula is C15H22N2O2. The number of aryl methyl sites for hydroxylation is 1. The number of rotatable bonds is 5. The highest BCUT2D eigenvalue weighted by molar-refractivity contribution is 5.76. The summed E-state index contributed by atoms with van der Waals surface area (Å²) in [6, 6.07) is 10.3. The van der Waals surface area contributed by atoms with Gasteiger partial charge in [0, 0.05) is 12.6 Å². The normalized spacial score (nSPS) is 23.5. The fraction of sp³-hybridized carbons (Fsp3) is 0.533. The molecule has 19 heavy (non-hydrogen) atoms. The molecule has 1 aromatic carbocycles. The Hall–Kier alpha value is -1.39. The molecule has 0 bridgehead atoms. The van der Waals surface area contributed by atoms with Crippen molar-refractivity contribution in [3.8, 4) is 0 Å². The highest BCUT2D eigenvalue weighted by Gasteiger charge is 2.35. The average Bonchev–Trinajstić information content (AvgIpc) is 2.80. The fourth-order valence-electron chi connectivity index (χ4n) is 2.70. The van der Waals surface area contributed by atoms with E-state index in [0.29, 0.717) is 6.42 Å². The SMILES string of the molecule is COC(=O)[C@@H]1C[C@H](N)CN1CCCc1ccccc1. The van der Waals surface area contributed by atoms with Gasteiger partial charge in [0.05, 0.1) is 7.11 Å². The molecule has 0 radical (unpaired) electrons. The van der Waals surface area contributed by atoms with Crippen LogP contribution < -0.4 is 5.73 Å². The number of ether oxygens (including phenoxy) is 1. The molecule has 0 amide bonds. The number of benzene rings is 1. The smallest absolute Gasteiger partial charge is 0.323 e. The zero-order valence-corrected chi connectivity index (χ0v) is 11.4. The minimum atomic E-state index is -0.160. The van der Waals surface area contributed by atoms with Crippen LogP contribution in [-0.2, 0) is 16.0 Å². The Balaban J connectivity index is 1.82. The van der Waals surface area contributed by atoms with Gasteiger partial charge in [0.25, 0.3) is 0 Å². The van der Waals surface area contributed by atoms with Crippen LogP contribution >= 0.6 is 0 Å². The van der Waals surface area contributed by atoms with Crippen LogP contribution in [0, 0.1) is 0 Å². The lowest BCUT2D eigenvalue weighted by molar-refractivity contribution is -0.145. The van der Waals surface area contributed by atoms with Gasteiger partial charge in [0.15, 0.2) is 0 Å². The third-order valence-corrected chi connectivity index (χ3v) is 3.66. The maximum Gasteiger partial charge on any atom is 0.323 e. The standard InChI is InChI=1S/C15H22N2O2/c1-19-15(18)14-10-13(16)11-17(14)9-5-8-12-6-3-2-4-7-12/h2-4,6-7,13-14H,5,8-11,16H2,1H3/t13-,14-/m0/s1. The van der Waals surface area contributed by atoms with Crippen LogP contribution in [0.15, 0.2) is 30.3 Å². The molecule has 1 heterocycles. The minimum Gasteiger partial charge on any atom is -0.468 e. The lowest BCUT2D eigenvalue weighted by atomic mass is 10.1. The van der Waals surface area contributed by atoms with E-state index in [1.807, 2.05) is 6.07 Å². The molecule has 0 unspecified atom stereocenters. The largest absolute Gasteiger partial charge is 0.468 e. The van der Waals surface area contributed by atoms with Gasteiger partial charge < -0.3 is 10.5 Å². The molecule has 0 aromatic heterocycles. The number of hydrogen-bond acceptors (Lipinski definition) is 4. The van der Waals surface area contributed by atoms with E-state index in [0.717, 1.165) is 25.9 Å². The number of carbonyl (C=O) groups excluding carboxylic acids is 1. The molecule has 4 nitrogen and oxygen atoms in total. The Bertz CT molecular complexity index is 408. The molecular weight excluding hydrogens is 240 g/mol. The van der Waals surface area contributed by atoms with E-state index in [1.54, 1.807) is 0 Å². The molecule has 104 valence electrons. The van der Waals surface area contributed by atoms with E-state index in [1.165, 1.54) is 12.7 Å². The summed E-state index contributed by atoms with van der Waals surface area (Å²) in [6.45, 7) is 1.68. The van der Waals surface area contributed by atoms with Gasteiger partial charge in [-0.1, -0.05) is 30.3 Å². The van der Waals surface area contributed by atoms with Crippen LogP contribution in [0.2, 0.25) is 0 Å². The maximum absolute atomic E-state index is 11.7. The monoisotopic (exact) mass is 262 g/mol. The van der Waals surface area contributed by atoms with Crippen molar-refractivity contribution in [3.63, 3.8) is 0 Å². The maximum atomic E-state index is 11.7. The van der Waals surface area contributed by atoms with Crippen LogP contribution in [0.4, 0.5) is 0 Å². The van der Waals surface area contributed by atoms with E-state index in [-0.39, 0.29) is 18.1 Å². The molecule has 1 aliphatic heterocycles. The first-order chi connectivity index (χ1) is 9.20. The first-order valence-corrected chi connectivity index (χ1v) is 6.82. The molecule has 1 aromatic rings. The summed E-state index contributed by atoms with van der Waals surface area (Å²) in [7, 11) is 1.44. The summed E-state index contributed by atoms with van der Waals surface area (Å²) in [5.74, 6) is -0.160. The van der Waals surface area contributed by atoms with Crippen molar-refractivity contribution in [2.75, 3.05) is 20.2 Å². The van der Waals surface area contributed by atoms with Crippen molar-refractivity contribution < 1.29 is 9.53 Å². The van der Waals surface area contributed by atoms with E-state index in [9.17, 15) is 4.79 Å². The number of nitrogens with zero attached hydrogens (tertiary/aromatic N) is 1. The van der Waals surface area contributed by atoms with Crippen molar-refractivity contribution in [3.05, 3.63) is 35.9 Å². The van der Waals surface area contributed by atoms with Crippen molar-refractivity contribution in [2.24, 2.45) is 5.73 Å².